The zero-order chi connectivity index (χ0) is 8.99. The van der Waals surface area contributed by atoms with E-state index >= 15 is 0 Å². The highest BCUT2D eigenvalue weighted by molar-refractivity contribution is 5.53. The molecule has 4 nitrogen and oxygen atoms in total. The molecule has 0 aliphatic heterocycles. The van der Waals surface area contributed by atoms with E-state index in [4.69, 9.17) is 20.1 Å². The van der Waals surface area contributed by atoms with Gasteiger partial charge >= 0.3 is 6.16 Å². The highest BCUT2D eigenvalue weighted by Crippen LogP contribution is 1.42. The minimum atomic E-state index is -1.83. The van der Waals surface area contributed by atoms with Crippen molar-refractivity contribution in [3.05, 3.63) is 12.7 Å². The molecule has 0 amide bonds. The van der Waals surface area contributed by atoms with Crippen molar-refractivity contribution < 1.29 is 20.1 Å². The van der Waals surface area contributed by atoms with Crippen molar-refractivity contribution in [3.8, 4) is 0 Å². The lowest BCUT2D eigenvalue weighted by molar-refractivity contribution is 0.137. The fourth-order valence-electron chi connectivity index (χ4n) is 0. The average molecular weight is 150 g/mol. The summed E-state index contributed by atoms with van der Waals surface area (Å²) in [7, 11) is 0. The summed E-state index contributed by atoms with van der Waals surface area (Å²) in [4.78, 5) is 8.56. The summed E-state index contributed by atoms with van der Waals surface area (Å²) >= 11 is 0. The monoisotopic (exact) mass is 150 g/mol. The molecule has 10 heavy (non-hydrogen) atoms. The molecule has 0 aliphatic rings. The highest BCUT2D eigenvalue weighted by atomic mass is 16.6. The number of hydrogen-bond donors (Lipinski definition) is 3. The molecule has 0 spiro atoms. The molecule has 0 aromatic carbocycles. The Balaban J connectivity index is -0.0000000750. The van der Waals surface area contributed by atoms with E-state index in [1.54, 1.807) is 13.0 Å². The van der Waals surface area contributed by atoms with E-state index in [-0.39, 0.29) is 6.61 Å². The normalized spacial score (nSPS) is 5.50. The number of rotatable bonds is 0. The Hall–Kier alpha value is -1.03. The fraction of sp³-hybridized carbons (Fsp3) is 0.500. The van der Waals surface area contributed by atoms with Gasteiger partial charge in [0.1, 0.15) is 0 Å². The molecule has 0 aromatic rings. The molecule has 0 fully saturated rings. The van der Waals surface area contributed by atoms with Gasteiger partial charge in [0.15, 0.2) is 0 Å². The Labute approximate surface area is 60.4 Å². The van der Waals surface area contributed by atoms with E-state index < -0.39 is 6.16 Å². The molecular weight excluding hydrogens is 136 g/mol. The molecule has 0 unspecified atom stereocenters. The molecule has 62 valence electrons. The van der Waals surface area contributed by atoms with Crippen LogP contribution in [0.5, 0.6) is 0 Å². The molecule has 0 radical (unpaired) electrons. The summed E-state index contributed by atoms with van der Waals surface area (Å²) in [6, 6.07) is 0. The highest BCUT2D eigenvalue weighted by Gasteiger charge is 1.70. The Morgan fingerprint density at radius 2 is 1.60 bits per heavy atom. The van der Waals surface area contributed by atoms with Gasteiger partial charge in [0.05, 0.1) is 0 Å². The minimum Gasteiger partial charge on any atom is -0.450 e. The van der Waals surface area contributed by atoms with Crippen molar-refractivity contribution >= 4 is 6.16 Å². The molecular formula is C6H14O4. The van der Waals surface area contributed by atoms with E-state index in [0.29, 0.717) is 0 Å². The van der Waals surface area contributed by atoms with E-state index in [1.165, 1.54) is 0 Å². The molecule has 0 saturated heterocycles. The number of carbonyl (C=O) groups is 1. The predicted molar refractivity (Wildman–Crippen MR) is 39.3 cm³/mol. The second-order valence-corrected chi connectivity index (χ2v) is 1.01. The standard InChI is InChI=1S/C3H6.C2H6O.CH2O3/c1-3-2;1-2-3;2-1(3)4/h3H,1H2,2H3;3H,2H2,1H3;(H2,2,3,4). The third kappa shape index (κ3) is 234. The van der Waals surface area contributed by atoms with Crippen LogP contribution in [0.15, 0.2) is 12.7 Å². The van der Waals surface area contributed by atoms with Crippen LogP contribution in [0.2, 0.25) is 0 Å². The van der Waals surface area contributed by atoms with Crippen LogP contribution in [-0.4, -0.2) is 28.1 Å². The zero-order valence-electron chi connectivity index (χ0n) is 6.24. The van der Waals surface area contributed by atoms with Crippen LogP contribution in [0.4, 0.5) is 4.79 Å². The van der Waals surface area contributed by atoms with Crippen molar-refractivity contribution in [2.75, 3.05) is 6.61 Å². The van der Waals surface area contributed by atoms with E-state index in [0.717, 1.165) is 0 Å². The maximum Gasteiger partial charge on any atom is 0.503 e. The number of carboxylic acid groups (broad SMARTS) is 2. The van der Waals surface area contributed by atoms with Crippen LogP contribution >= 0.6 is 0 Å². The van der Waals surface area contributed by atoms with Crippen molar-refractivity contribution in [2.45, 2.75) is 13.8 Å². The van der Waals surface area contributed by atoms with Crippen molar-refractivity contribution in [1.29, 1.82) is 0 Å². The first kappa shape index (κ1) is 16.0. The van der Waals surface area contributed by atoms with Crippen LogP contribution in [0.1, 0.15) is 13.8 Å². The van der Waals surface area contributed by atoms with Crippen LogP contribution in [0.3, 0.4) is 0 Å². The van der Waals surface area contributed by atoms with Gasteiger partial charge in [-0.15, -0.1) is 6.58 Å². The minimum absolute atomic E-state index is 0.250. The van der Waals surface area contributed by atoms with Gasteiger partial charge in [0, 0.05) is 6.61 Å². The lowest BCUT2D eigenvalue weighted by Crippen LogP contribution is -1.81. The Morgan fingerprint density at radius 3 is 1.60 bits per heavy atom. The number of hydrogen-bond acceptors (Lipinski definition) is 2. The first-order chi connectivity index (χ1) is 4.56. The predicted octanol–water partition coefficient (Wildman–Crippen LogP) is 1.41. The summed E-state index contributed by atoms with van der Waals surface area (Å²) in [6.07, 6.45) is -0.0833. The molecule has 4 heteroatoms. The summed E-state index contributed by atoms with van der Waals surface area (Å²) in [6.45, 7) is 7.18. The molecule has 0 rings (SSSR count). The number of aliphatic hydroxyl groups excluding tert-OH is 1. The maximum atomic E-state index is 8.56. The zero-order valence-corrected chi connectivity index (χ0v) is 6.24. The van der Waals surface area contributed by atoms with E-state index in [1.807, 2.05) is 6.92 Å². The molecule has 3 N–H and O–H groups in total. The van der Waals surface area contributed by atoms with E-state index in [9.17, 15) is 0 Å². The summed E-state index contributed by atoms with van der Waals surface area (Å²) in [5.74, 6) is 0. The molecule has 0 heterocycles. The summed E-state index contributed by atoms with van der Waals surface area (Å²) in [5, 5.41) is 21.5. The first-order valence-corrected chi connectivity index (χ1v) is 2.66. The van der Waals surface area contributed by atoms with Gasteiger partial charge in [0.2, 0.25) is 0 Å². The van der Waals surface area contributed by atoms with Gasteiger partial charge in [-0.2, -0.15) is 0 Å². The Morgan fingerprint density at radius 1 is 1.60 bits per heavy atom. The fourth-order valence-corrected chi connectivity index (χ4v) is 0. The quantitative estimate of drug-likeness (QED) is 0.456. The Bertz CT molecular complexity index is 66.1. The van der Waals surface area contributed by atoms with Gasteiger partial charge in [-0.3, -0.25) is 0 Å². The second-order valence-electron chi connectivity index (χ2n) is 1.01. The van der Waals surface area contributed by atoms with Gasteiger partial charge < -0.3 is 15.3 Å². The van der Waals surface area contributed by atoms with Gasteiger partial charge in [-0.05, 0) is 13.8 Å². The topological polar surface area (TPSA) is 77.8 Å². The van der Waals surface area contributed by atoms with Gasteiger partial charge in [0.25, 0.3) is 0 Å². The summed E-state index contributed by atoms with van der Waals surface area (Å²) in [5.41, 5.74) is 0. The molecule has 0 saturated carbocycles. The first-order valence-electron chi connectivity index (χ1n) is 2.66. The maximum absolute atomic E-state index is 8.56. The third-order valence-electron chi connectivity index (χ3n) is 0. The smallest absolute Gasteiger partial charge is 0.450 e. The summed E-state index contributed by atoms with van der Waals surface area (Å²) < 4.78 is 0. The second kappa shape index (κ2) is 24.6. The lowest BCUT2D eigenvalue weighted by atomic mass is 10.8. The van der Waals surface area contributed by atoms with Crippen LogP contribution in [0, 0.1) is 0 Å². The van der Waals surface area contributed by atoms with Crippen molar-refractivity contribution in [3.63, 3.8) is 0 Å². The molecule has 0 atom stereocenters. The van der Waals surface area contributed by atoms with Crippen LogP contribution < -0.4 is 0 Å². The SMILES string of the molecule is C=CC.CCO.O=C(O)O. The van der Waals surface area contributed by atoms with Gasteiger partial charge in [-0.1, -0.05) is 6.08 Å². The van der Waals surface area contributed by atoms with E-state index in [2.05, 4.69) is 6.58 Å². The number of allylic oxidation sites excluding steroid dienone is 1. The van der Waals surface area contributed by atoms with Crippen LogP contribution in [0.25, 0.3) is 0 Å². The number of aliphatic hydroxyl groups is 1. The van der Waals surface area contributed by atoms with Crippen molar-refractivity contribution in [1.82, 2.24) is 0 Å². The van der Waals surface area contributed by atoms with Gasteiger partial charge in [-0.25, -0.2) is 4.79 Å². The Kier molecular flexibility index (Phi) is 39.3. The molecule has 0 bridgehead atoms. The third-order valence-corrected chi connectivity index (χ3v) is 0. The molecule has 0 aliphatic carbocycles. The molecule has 0 aromatic heterocycles. The average Bonchev–Trinajstić information content (AvgIpc) is 1.65. The van der Waals surface area contributed by atoms with Crippen molar-refractivity contribution in [2.24, 2.45) is 0 Å². The lowest BCUT2D eigenvalue weighted by Gasteiger charge is -1.60. The van der Waals surface area contributed by atoms with Crippen LogP contribution in [-0.2, 0) is 0 Å². The largest absolute Gasteiger partial charge is 0.503 e.